The lowest BCUT2D eigenvalue weighted by atomic mass is 9.81. The quantitative estimate of drug-likeness (QED) is 0.144. The van der Waals surface area contributed by atoms with Gasteiger partial charge in [-0.15, -0.1) is 0 Å². The standard InChI is InChI=1S/C39H48N4O9S3/c1-26-19-32-36(40-24-26)42(15-4-6-17-53(44,45)46)34-29(11-13-38(32,34)2)21-27-9-8-10-28(20-27)22-30-12-14-39(3)33-23-31(55(50,51)52)25-41-37(33)43(35(30)39)16-5-7-18-54(47,48)49/h19-25H,4-18H2,1-3H3,(H2-,44,45,46,47,48,49,50,51,52)/p-2. The highest BCUT2D eigenvalue weighted by Crippen LogP contribution is 2.56. The summed E-state index contributed by atoms with van der Waals surface area (Å²) in [5, 5.41) is 0. The number of anilines is 1. The van der Waals surface area contributed by atoms with E-state index in [4.69, 9.17) is 4.98 Å². The van der Waals surface area contributed by atoms with Crippen molar-refractivity contribution in [3.05, 3.63) is 87.4 Å². The predicted octanol–water partition coefficient (Wildman–Crippen LogP) is 5.28. The van der Waals surface area contributed by atoms with E-state index < -0.39 is 52.2 Å². The van der Waals surface area contributed by atoms with Crippen molar-refractivity contribution in [1.29, 1.82) is 0 Å². The van der Waals surface area contributed by atoms with Gasteiger partial charge in [0.1, 0.15) is 21.6 Å². The minimum Gasteiger partial charge on any atom is -0.748 e. The molecular weight excluding hydrogens is 765 g/mol. The van der Waals surface area contributed by atoms with Crippen LogP contribution in [0.15, 0.2) is 75.6 Å². The van der Waals surface area contributed by atoms with Gasteiger partial charge in [0, 0.05) is 40.9 Å². The average molecular weight is 811 g/mol. The zero-order valence-electron chi connectivity index (χ0n) is 31.3. The van der Waals surface area contributed by atoms with Gasteiger partial charge in [-0.1, -0.05) is 18.2 Å². The molecule has 2 aliphatic heterocycles. The van der Waals surface area contributed by atoms with E-state index in [1.54, 1.807) is 0 Å². The second-order valence-corrected chi connectivity index (χ2v) is 20.4. The van der Waals surface area contributed by atoms with Gasteiger partial charge >= 0.3 is 5.82 Å². The van der Waals surface area contributed by atoms with Crippen molar-refractivity contribution in [2.45, 2.75) is 107 Å². The first-order valence-electron chi connectivity index (χ1n) is 18.9. The Hall–Kier alpha value is -3.54. The van der Waals surface area contributed by atoms with Crippen molar-refractivity contribution in [1.82, 2.24) is 9.97 Å². The first kappa shape index (κ1) is 39.7. The number of hydrogen-bond donors (Lipinski definition) is 0. The van der Waals surface area contributed by atoms with Crippen LogP contribution in [-0.2, 0) is 41.2 Å². The van der Waals surface area contributed by atoms with E-state index in [1.165, 1.54) is 28.5 Å². The molecule has 2 atom stereocenters. The summed E-state index contributed by atoms with van der Waals surface area (Å²) in [5.41, 5.74) is 8.85. The fourth-order valence-electron chi connectivity index (χ4n) is 9.38. The highest BCUT2D eigenvalue weighted by molar-refractivity contribution is 7.86. The summed E-state index contributed by atoms with van der Waals surface area (Å²) >= 11 is 0. The van der Waals surface area contributed by atoms with Crippen LogP contribution in [0.4, 0.5) is 11.6 Å². The van der Waals surface area contributed by atoms with E-state index in [9.17, 15) is 38.9 Å². The largest absolute Gasteiger partial charge is 0.748 e. The SMILES string of the molecule is Cc1cnc2c(c1)C1(C)CCC(/C=C3C=C(/C=C4\CCC5(C)C4=[N+](CCCCS(=O)(=O)[O-])c4ncc(S(=O)(=O)[O-])cc45)CCC/3)=C1N2CCCCS(=O)(=O)[O-]. The monoisotopic (exact) mass is 810 g/mol. The molecule has 0 amide bonds. The summed E-state index contributed by atoms with van der Waals surface area (Å²) in [7, 11) is -13.4. The number of aromatic nitrogens is 2. The van der Waals surface area contributed by atoms with E-state index in [-0.39, 0.29) is 18.3 Å². The van der Waals surface area contributed by atoms with Gasteiger partial charge in [0.05, 0.1) is 42.7 Å². The predicted molar refractivity (Wildman–Crippen MR) is 204 cm³/mol. The van der Waals surface area contributed by atoms with Crippen molar-refractivity contribution in [2.75, 3.05) is 29.5 Å². The Kier molecular flexibility index (Phi) is 10.4. The first-order chi connectivity index (χ1) is 25.8. The van der Waals surface area contributed by atoms with Crippen LogP contribution in [0.5, 0.6) is 0 Å². The Morgan fingerprint density at radius 2 is 1.53 bits per heavy atom. The third-order valence-corrected chi connectivity index (χ3v) is 14.3. The fraction of sp³-hybridized carbons (Fsp3) is 0.513. The number of hydrogen-bond acceptors (Lipinski definition) is 12. The number of rotatable bonds is 13. The molecule has 0 radical (unpaired) electrons. The molecule has 7 rings (SSSR count). The molecule has 2 unspecified atom stereocenters. The molecule has 0 spiro atoms. The molecule has 296 valence electrons. The van der Waals surface area contributed by atoms with Crippen molar-refractivity contribution in [3.8, 4) is 0 Å². The maximum atomic E-state index is 12.0. The van der Waals surface area contributed by atoms with Crippen molar-refractivity contribution < 1.29 is 43.5 Å². The van der Waals surface area contributed by atoms with Crippen LogP contribution in [0.1, 0.15) is 101 Å². The Labute approximate surface area is 323 Å². The number of nitrogens with zero attached hydrogens (tertiary/aromatic N) is 4. The van der Waals surface area contributed by atoms with Gasteiger partial charge in [-0.05, 0) is 136 Å². The van der Waals surface area contributed by atoms with E-state index in [0.29, 0.717) is 50.2 Å². The average Bonchev–Trinajstić information content (AvgIpc) is 3.75. The Morgan fingerprint density at radius 1 is 0.818 bits per heavy atom. The Bertz CT molecular complexity index is 2450. The number of allylic oxidation sites excluding steroid dienone is 8. The molecule has 55 heavy (non-hydrogen) atoms. The van der Waals surface area contributed by atoms with Gasteiger partial charge in [-0.2, -0.15) is 0 Å². The van der Waals surface area contributed by atoms with Gasteiger partial charge in [0.25, 0.3) is 0 Å². The fourth-order valence-corrected chi connectivity index (χ4v) is 10.9. The summed E-state index contributed by atoms with van der Waals surface area (Å²) in [4.78, 5) is 11.1. The summed E-state index contributed by atoms with van der Waals surface area (Å²) in [6.07, 6.45) is 17.0. The number of aryl methyl sites for hydroxylation is 1. The minimum atomic E-state index is -4.74. The van der Waals surface area contributed by atoms with E-state index in [1.807, 2.05) is 24.6 Å². The number of pyridine rings is 2. The van der Waals surface area contributed by atoms with E-state index in [0.717, 1.165) is 66.5 Å². The Balaban J connectivity index is 1.23. The maximum Gasteiger partial charge on any atom is 0.327 e. The second-order valence-electron chi connectivity index (χ2n) is 16.0. The van der Waals surface area contributed by atoms with E-state index >= 15 is 0 Å². The van der Waals surface area contributed by atoms with Crippen LogP contribution < -0.4 is 4.90 Å². The number of fused-ring (bicyclic) bond motifs is 6. The van der Waals surface area contributed by atoms with Crippen molar-refractivity contribution in [2.24, 2.45) is 0 Å². The molecule has 2 aromatic heterocycles. The highest BCUT2D eigenvalue weighted by atomic mass is 32.2. The first-order valence-corrected chi connectivity index (χ1v) is 23.4. The van der Waals surface area contributed by atoms with Gasteiger partial charge < -0.3 is 18.6 Å². The summed E-state index contributed by atoms with van der Waals surface area (Å²) in [6.45, 7) is 7.25. The van der Waals surface area contributed by atoms with Gasteiger partial charge in [-0.25, -0.2) is 34.8 Å². The lowest BCUT2D eigenvalue weighted by molar-refractivity contribution is -0.442. The van der Waals surface area contributed by atoms with Crippen LogP contribution in [0.25, 0.3) is 0 Å². The second kappa shape index (κ2) is 14.4. The van der Waals surface area contributed by atoms with Crippen molar-refractivity contribution >= 4 is 47.7 Å². The molecule has 0 aromatic carbocycles. The zero-order chi connectivity index (χ0) is 39.6. The normalized spacial score (nSPS) is 25.2. The van der Waals surface area contributed by atoms with Crippen LogP contribution in [-0.4, -0.2) is 83.8 Å². The van der Waals surface area contributed by atoms with Crippen LogP contribution in [0.2, 0.25) is 0 Å². The zero-order valence-corrected chi connectivity index (χ0v) is 33.8. The lowest BCUT2D eigenvalue weighted by Crippen LogP contribution is -2.28. The molecule has 5 aliphatic rings. The van der Waals surface area contributed by atoms with Gasteiger partial charge in [0.2, 0.25) is 0 Å². The molecule has 0 saturated heterocycles. The maximum absolute atomic E-state index is 12.0. The third-order valence-electron chi connectivity index (χ3n) is 11.9. The number of unbranched alkanes of at least 4 members (excludes halogenated alkanes) is 2. The molecule has 16 heteroatoms. The third kappa shape index (κ3) is 7.90. The highest BCUT2D eigenvalue weighted by Gasteiger charge is 2.53. The molecule has 1 saturated carbocycles. The molecular formula is C39H46N4O9S3-2. The van der Waals surface area contributed by atoms with Gasteiger partial charge in [0.15, 0.2) is 6.20 Å². The molecule has 0 N–H and O–H groups in total. The van der Waals surface area contributed by atoms with Crippen molar-refractivity contribution in [3.63, 3.8) is 0 Å². The van der Waals surface area contributed by atoms with Gasteiger partial charge in [-0.3, -0.25) is 0 Å². The minimum absolute atomic E-state index is 0.171. The molecule has 0 bridgehead atoms. The van der Waals surface area contributed by atoms with Crippen LogP contribution in [0, 0.1) is 6.92 Å². The molecule has 2 aromatic rings. The molecule has 1 fully saturated rings. The summed E-state index contributed by atoms with van der Waals surface area (Å²) in [6, 6.07) is 3.62. The Morgan fingerprint density at radius 3 is 2.24 bits per heavy atom. The molecule has 3 aliphatic carbocycles. The summed E-state index contributed by atoms with van der Waals surface area (Å²) < 4.78 is 106. The topological polar surface area (TPSA) is 204 Å². The van der Waals surface area contributed by atoms with E-state index in [2.05, 4.69) is 41.1 Å². The van der Waals surface area contributed by atoms with Crippen LogP contribution in [0.3, 0.4) is 0 Å². The smallest absolute Gasteiger partial charge is 0.327 e. The summed E-state index contributed by atoms with van der Waals surface area (Å²) in [5.74, 6) is 0.562. The molecule has 13 nitrogen and oxygen atoms in total. The lowest BCUT2D eigenvalue weighted by Gasteiger charge is -2.26. The van der Waals surface area contributed by atoms with Crippen LogP contribution >= 0.6 is 0 Å². The molecule has 4 heterocycles.